The van der Waals surface area contributed by atoms with Gasteiger partial charge in [0.25, 0.3) is 10.0 Å². The molecule has 1 heterocycles. The molecule has 0 amide bonds. The van der Waals surface area contributed by atoms with Gasteiger partial charge in [-0.2, -0.15) is 13.2 Å². The van der Waals surface area contributed by atoms with Crippen LogP contribution < -0.4 is 0 Å². The lowest BCUT2D eigenvalue weighted by Gasteiger charge is -2.10. The summed E-state index contributed by atoms with van der Waals surface area (Å²) in [7, 11) is -3.88. The second kappa shape index (κ2) is 5.79. The smallest absolute Gasteiger partial charge is 0.236 e. The maximum atomic E-state index is 12.7. The minimum atomic E-state index is -4.45. The number of imidazole rings is 1. The third-order valence-corrected chi connectivity index (χ3v) is 5.06. The molecule has 8 heteroatoms. The Bertz CT molecular complexity index is 947. The quantitative estimate of drug-likeness (QED) is 0.720. The van der Waals surface area contributed by atoms with Crippen LogP contribution in [0.4, 0.5) is 13.2 Å². The van der Waals surface area contributed by atoms with Crippen LogP contribution in [-0.2, 0) is 16.2 Å². The van der Waals surface area contributed by atoms with Crippen molar-refractivity contribution < 1.29 is 21.6 Å². The number of hydrogen-bond donors (Lipinski definition) is 0. The van der Waals surface area contributed by atoms with Crippen molar-refractivity contribution in [2.45, 2.75) is 11.1 Å². The molecule has 0 saturated heterocycles. The van der Waals surface area contributed by atoms with E-state index in [0.29, 0.717) is 0 Å². The van der Waals surface area contributed by atoms with Crippen molar-refractivity contribution in [3.8, 4) is 11.4 Å². The first-order chi connectivity index (χ1) is 11.3. The summed E-state index contributed by atoms with van der Waals surface area (Å²) in [5, 5.41) is 0. The third-order valence-electron chi connectivity index (χ3n) is 3.38. The Labute approximate surface area is 136 Å². The summed E-state index contributed by atoms with van der Waals surface area (Å²) in [6, 6.07) is 11.9. The van der Waals surface area contributed by atoms with Crippen LogP contribution >= 0.6 is 0 Å². The Balaban J connectivity index is 2.06. The number of hydrogen-bond acceptors (Lipinski definition) is 3. The van der Waals surface area contributed by atoms with Crippen LogP contribution in [0, 0.1) is 0 Å². The highest BCUT2D eigenvalue weighted by atomic mass is 32.2. The Hall–Kier alpha value is -2.61. The average molecular weight is 352 g/mol. The second-order valence-electron chi connectivity index (χ2n) is 4.94. The number of halogens is 3. The van der Waals surface area contributed by atoms with Crippen LogP contribution in [0.25, 0.3) is 11.4 Å². The lowest BCUT2D eigenvalue weighted by atomic mass is 10.1. The summed E-state index contributed by atoms with van der Waals surface area (Å²) in [6.07, 6.45) is -1.91. The molecular formula is C16H11F3N2O2S. The molecule has 0 fully saturated rings. The van der Waals surface area contributed by atoms with E-state index in [9.17, 15) is 21.6 Å². The van der Waals surface area contributed by atoms with E-state index in [-0.39, 0.29) is 16.3 Å². The highest BCUT2D eigenvalue weighted by Gasteiger charge is 2.30. The van der Waals surface area contributed by atoms with Gasteiger partial charge in [-0.15, -0.1) is 0 Å². The van der Waals surface area contributed by atoms with Crippen molar-refractivity contribution in [3.63, 3.8) is 0 Å². The van der Waals surface area contributed by atoms with Gasteiger partial charge in [-0.3, -0.25) is 0 Å². The lowest BCUT2D eigenvalue weighted by molar-refractivity contribution is -0.137. The van der Waals surface area contributed by atoms with Crippen LogP contribution in [-0.4, -0.2) is 17.4 Å². The fourth-order valence-corrected chi connectivity index (χ4v) is 3.53. The average Bonchev–Trinajstić information content (AvgIpc) is 3.05. The van der Waals surface area contributed by atoms with E-state index in [0.717, 1.165) is 16.1 Å². The molecule has 3 aromatic rings. The third kappa shape index (κ3) is 2.92. The fourth-order valence-electron chi connectivity index (χ4n) is 2.20. The molecule has 3 rings (SSSR count). The number of rotatable bonds is 3. The summed E-state index contributed by atoms with van der Waals surface area (Å²) in [5.41, 5.74) is -0.539. The molecule has 1 aromatic heterocycles. The Morgan fingerprint density at radius 1 is 0.917 bits per heavy atom. The minimum absolute atomic E-state index is 0.0487. The molecule has 0 atom stereocenters. The molecule has 0 aliphatic rings. The first kappa shape index (κ1) is 16.3. The second-order valence-corrected chi connectivity index (χ2v) is 6.75. The van der Waals surface area contributed by atoms with Gasteiger partial charge in [0.1, 0.15) is 0 Å². The highest BCUT2D eigenvalue weighted by Crippen LogP contribution is 2.31. The van der Waals surface area contributed by atoms with E-state index in [1.807, 2.05) is 0 Å². The SMILES string of the molecule is O=S(=O)(c1ccccc1)n1ccnc1-c1ccc(C(F)(F)F)cc1. The van der Waals surface area contributed by atoms with Crippen molar-refractivity contribution in [1.29, 1.82) is 0 Å². The monoisotopic (exact) mass is 352 g/mol. The molecule has 24 heavy (non-hydrogen) atoms. The van der Waals surface area contributed by atoms with Gasteiger partial charge in [-0.05, 0) is 24.3 Å². The van der Waals surface area contributed by atoms with Gasteiger partial charge in [0.2, 0.25) is 0 Å². The Kier molecular flexibility index (Phi) is 3.92. The number of nitrogens with zero attached hydrogens (tertiary/aromatic N) is 2. The summed E-state index contributed by atoms with van der Waals surface area (Å²) >= 11 is 0. The normalized spacial score (nSPS) is 12.3. The van der Waals surface area contributed by atoms with E-state index >= 15 is 0 Å². The van der Waals surface area contributed by atoms with Crippen LogP contribution in [0.15, 0.2) is 71.9 Å². The van der Waals surface area contributed by atoms with Gasteiger partial charge in [-0.1, -0.05) is 30.3 Å². The predicted octanol–water partition coefficient (Wildman–Crippen LogP) is 3.81. The highest BCUT2D eigenvalue weighted by molar-refractivity contribution is 7.90. The largest absolute Gasteiger partial charge is 0.416 e. The van der Waals surface area contributed by atoms with Gasteiger partial charge in [-0.25, -0.2) is 17.4 Å². The summed E-state index contributed by atoms with van der Waals surface area (Å²) < 4.78 is 64.2. The number of aromatic nitrogens is 2. The van der Waals surface area contributed by atoms with Crippen molar-refractivity contribution >= 4 is 10.0 Å². The first-order valence-corrected chi connectivity index (χ1v) is 8.26. The summed E-state index contributed by atoms with van der Waals surface area (Å²) in [4.78, 5) is 4.04. The molecule has 124 valence electrons. The molecule has 0 bridgehead atoms. The van der Waals surface area contributed by atoms with Crippen molar-refractivity contribution in [2.24, 2.45) is 0 Å². The number of alkyl halides is 3. The van der Waals surface area contributed by atoms with Crippen molar-refractivity contribution in [3.05, 3.63) is 72.6 Å². The zero-order valence-corrected chi connectivity index (χ0v) is 12.9. The maximum Gasteiger partial charge on any atom is 0.416 e. The minimum Gasteiger partial charge on any atom is -0.236 e. The van der Waals surface area contributed by atoms with Gasteiger partial charge in [0, 0.05) is 18.0 Å². The van der Waals surface area contributed by atoms with Crippen LogP contribution in [0.3, 0.4) is 0 Å². The molecule has 0 unspecified atom stereocenters. The van der Waals surface area contributed by atoms with E-state index < -0.39 is 21.8 Å². The van der Waals surface area contributed by atoms with Gasteiger partial charge >= 0.3 is 6.18 Å². The van der Waals surface area contributed by atoms with Gasteiger partial charge in [0.15, 0.2) is 5.82 Å². The first-order valence-electron chi connectivity index (χ1n) is 6.82. The molecule has 0 radical (unpaired) electrons. The maximum absolute atomic E-state index is 12.7. The molecule has 2 aromatic carbocycles. The van der Waals surface area contributed by atoms with Crippen molar-refractivity contribution in [1.82, 2.24) is 8.96 Å². The Morgan fingerprint density at radius 2 is 1.54 bits per heavy atom. The molecule has 0 saturated carbocycles. The van der Waals surface area contributed by atoms with Gasteiger partial charge < -0.3 is 0 Å². The van der Waals surface area contributed by atoms with Crippen LogP contribution in [0.2, 0.25) is 0 Å². The lowest BCUT2D eigenvalue weighted by Crippen LogP contribution is -2.13. The molecule has 0 N–H and O–H groups in total. The zero-order valence-electron chi connectivity index (χ0n) is 12.1. The van der Waals surface area contributed by atoms with Crippen LogP contribution in [0.1, 0.15) is 5.56 Å². The topological polar surface area (TPSA) is 52.0 Å². The Morgan fingerprint density at radius 3 is 2.12 bits per heavy atom. The molecule has 0 spiro atoms. The zero-order chi connectivity index (χ0) is 17.4. The van der Waals surface area contributed by atoms with E-state index in [4.69, 9.17) is 0 Å². The summed E-state index contributed by atoms with van der Waals surface area (Å²) in [5.74, 6) is 0.0487. The standard InChI is InChI=1S/C16H11F3N2O2S/c17-16(18,19)13-8-6-12(7-9-13)15-20-10-11-21(15)24(22,23)14-4-2-1-3-5-14/h1-11H. The van der Waals surface area contributed by atoms with Crippen molar-refractivity contribution in [2.75, 3.05) is 0 Å². The van der Waals surface area contributed by atoms with Crippen LogP contribution in [0.5, 0.6) is 0 Å². The molecule has 4 nitrogen and oxygen atoms in total. The number of benzene rings is 2. The van der Waals surface area contributed by atoms with E-state index in [1.165, 1.54) is 36.7 Å². The van der Waals surface area contributed by atoms with Gasteiger partial charge in [0.05, 0.1) is 10.5 Å². The fraction of sp³-hybridized carbons (Fsp3) is 0.0625. The van der Waals surface area contributed by atoms with E-state index in [1.54, 1.807) is 18.2 Å². The molecule has 0 aliphatic carbocycles. The molecule has 0 aliphatic heterocycles. The summed E-state index contributed by atoms with van der Waals surface area (Å²) in [6.45, 7) is 0. The van der Waals surface area contributed by atoms with E-state index in [2.05, 4.69) is 4.98 Å². The predicted molar refractivity (Wildman–Crippen MR) is 81.7 cm³/mol. The molecular weight excluding hydrogens is 341 g/mol.